The number of nitrogens with zero attached hydrogens (tertiary/aromatic N) is 3. The predicted molar refractivity (Wildman–Crippen MR) is 76.3 cm³/mol. The quantitative estimate of drug-likeness (QED) is 0.186. The fourth-order valence-corrected chi connectivity index (χ4v) is 1.44. The number of amides is 1. The van der Waals surface area contributed by atoms with Crippen LogP contribution in [0.2, 0.25) is 0 Å². The van der Waals surface area contributed by atoms with Crippen LogP contribution in [-0.2, 0) is 16.0 Å². The van der Waals surface area contributed by atoms with Gasteiger partial charge in [0.25, 0.3) is 0 Å². The Morgan fingerprint density at radius 3 is 2.81 bits per heavy atom. The van der Waals surface area contributed by atoms with Crippen molar-refractivity contribution < 1.29 is 19.7 Å². The summed E-state index contributed by atoms with van der Waals surface area (Å²) in [6.07, 6.45) is 0.526. The molecule has 21 heavy (non-hydrogen) atoms. The van der Waals surface area contributed by atoms with E-state index in [9.17, 15) is 9.90 Å². The smallest absolute Gasteiger partial charge is 0.246 e. The number of carbonyl (C=O) groups is 1. The molecule has 0 aromatic heterocycles. The molecule has 6 N–H and O–H groups in total. The minimum absolute atomic E-state index is 0. The number of phenolic OH excluding ortho intramolecular Hbond substituents is 2. The first-order chi connectivity index (χ1) is 9.63. The summed E-state index contributed by atoms with van der Waals surface area (Å²) in [5.41, 5.74) is 8.82. The average Bonchev–Trinajstić information content (AvgIpc) is 2.42. The fourth-order valence-electron chi connectivity index (χ4n) is 1.44. The van der Waals surface area contributed by atoms with Gasteiger partial charge >= 0.3 is 0 Å². The van der Waals surface area contributed by atoms with Crippen LogP contribution in [0.25, 0.3) is 10.4 Å². The van der Waals surface area contributed by atoms with Gasteiger partial charge in [-0.3, -0.25) is 4.79 Å². The summed E-state index contributed by atoms with van der Waals surface area (Å²) < 4.78 is 4.99. The molecule has 0 heterocycles. The number of hydrogen-bond acceptors (Lipinski definition) is 6. The summed E-state index contributed by atoms with van der Waals surface area (Å²) in [6.45, 7) is 0.685. The van der Waals surface area contributed by atoms with Crippen molar-refractivity contribution in [2.75, 3.05) is 26.3 Å². The fraction of sp³-hybridized carbons (Fsp3) is 0.417. The number of rotatable bonds is 8. The number of aromatic hydroxyl groups is 2. The monoisotopic (exact) mass is 297 g/mol. The number of azide groups is 1. The van der Waals surface area contributed by atoms with E-state index in [-0.39, 0.29) is 43.3 Å². The lowest BCUT2D eigenvalue weighted by Crippen LogP contribution is -2.29. The third kappa shape index (κ3) is 7.63. The number of ether oxygens (including phenoxy) is 1. The van der Waals surface area contributed by atoms with E-state index in [0.717, 1.165) is 5.56 Å². The van der Waals surface area contributed by atoms with E-state index in [1.807, 2.05) is 0 Å². The summed E-state index contributed by atoms with van der Waals surface area (Å²) >= 11 is 0. The van der Waals surface area contributed by atoms with Crippen molar-refractivity contribution in [3.63, 3.8) is 0 Å². The number of nitrogens with one attached hydrogen (secondary N) is 1. The summed E-state index contributed by atoms with van der Waals surface area (Å²) in [6, 6.07) is 4.50. The van der Waals surface area contributed by atoms with Crippen LogP contribution in [0.15, 0.2) is 23.3 Å². The Morgan fingerprint density at radius 1 is 1.38 bits per heavy atom. The standard InChI is InChI=1S/C12H16N4O4.H3N/c13-16-15-5-6-20-8-12(19)14-4-3-9-1-2-10(17)11(18)7-9;/h1-2,7,17-18H,3-6,8H2,(H,14,19);1H3. The highest BCUT2D eigenvalue weighted by Crippen LogP contribution is 2.24. The Bertz CT molecular complexity index is 502. The maximum Gasteiger partial charge on any atom is 0.246 e. The largest absolute Gasteiger partial charge is 0.504 e. The first-order valence-corrected chi connectivity index (χ1v) is 5.99. The van der Waals surface area contributed by atoms with Crippen LogP contribution in [0.3, 0.4) is 0 Å². The molecule has 0 saturated carbocycles. The van der Waals surface area contributed by atoms with E-state index < -0.39 is 0 Å². The van der Waals surface area contributed by atoms with Crippen LogP contribution in [-0.4, -0.2) is 42.4 Å². The zero-order valence-electron chi connectivity index (χ0n) is 11.5. The van der Waals surface area contributed by atoms with Gasteiger partial charge in [-0.1, -0.05) is 11.2 Å². The number of hydrogen-bond donors (Lipinski definition) is 4. The van der Waals surface area contributed by atoms with E-state index in [2.05, 4.69) is 15.3 Å². The van der Waals surface area contributed by atoms with Crippen LogP contribution in [0.5, 0.6) is 11.5 Å². The third-order valence-corrected chi connectivity index (χ3v) is 2.41. The molecule has 0 aliphatic heterocycles. The van der Waals surface area contributed by atoms with Gasteiger partial charge in [-0.05, 0) is 29.6 Å². The van der Waals surface area contributed by atoms with Crippen molar-refractivity contribution in [1.82, 2.24) is 11.5 Å². The van der Waals surface area contributed by atoms with Crippen molar-refractivity contribution in [3.05, 3.63) is 34.2 Å². The van der Waals surface area contributed by atoms with Crippen molar-refractivity contribution in [2.45, 2.75) is 6.42 Å². The maximum absolute atomic E-state index is 11.4. The van der Waals surface area contributed by atoms with Crippen LogP contribution < -0.4 is 11.5 Å². The second kappa shape index (κ2) is 10.3. The van der Waals surface area contributed by atoms with Gasteiger partial charge in [-0.25, -0.2) is 0 Å². The molecule has 0 saturated heterocycles. The molecule has 1 amide bonds. The van der Waals surface area contributed by atoms with Gasteiger partial charge in [-0.2, -0.15) is 0 Å². The van der Waals surface area contributed by atoms with E-state index >= 15 is 0 Å². The van der Waals surface area contributed by atoms with Crippen molar-refractivity contribution in [1.29, 1.82) is 0 Å². The molecule has 0 aliphatic rings. The third-order valence-electron chi connectivity index (χ3n) is 2.41. The zero-order chi connectivity index (χ0) is 14.8. The van der Waals surface area contributed by atoms with Gasteiger partial charge in [0, 0.05) is 18.0 Å². The van der Waals surface area contributed by atoms with Crippen LogP contribution >= 0.6 is 0 Å². The molecule has 0 aliphatic carbocycles. The lowest BCUT2D eigenvalue weighted by molar-refractivity contribution is -0.125. The number of phenols is 2. The highest BCUT2D eigenvalue weighted by molar-refractivity contribution is 5.77. The number of carbonyl (C=O) groups excluding carboxylic acids is 1. The molecule has 0 bridgehead atoms. The van der Waals surface area contributed by atoms with E-state index in [0.29, 0.717) is 13.0 Å². The Labute approximate surface area is 121 Å². The van der Waals surface area contributed by atoms with Gasteiger partial charge < -0.3 is 26.4 Å². The molecular formula is C12H19N5O4. The molecule has 0 radical (unpaired) electrons. The molecule has 1 rings (SSSR count). The molecule has 9 heteroatoms. The molecule has 1 aromatic carbocycles. The number of benzene rings is 1. The molecular weight excluding hydrogens is 278 g/mol. The topological polar surface area (TPSA) is 163 Å². The van der Waals surface area contributed by atoms with Crippen LogP contribution in [0.4, 0.5) is 0 Å². The minimum atomic E-state index is -0.270. The van der Waals surface area contributed by atoms with Gasteiger partial charge in [0.05, 0.1) is 6.61 Å². The van der Waals surface area contributed by atoms with Crippen molar-refractivity contribution >= 4 is 5.91 Å². The van der Waals surface area contributed by atoms with Gasteiger partial charge in [0.15, 0.2) is 11.5 Å². The predicted octanol–water partition coefficient (Wildman–Crippen LogP) is 1.25. The van der Waals surface area contributed by atoms with E-state index in [1.165, 1.54) is 12.1 Å². The second-order valence-electron chi connectivity index (χ2n) is 3.93. The molecule has 116 valence electrons. The van der Waals surface area contributed by atoms with Crippen molar-refractivity contribution in [2.24, 2.45) is 5.11 Å². The summed E-state index contributed by atoms with van der Waals surface area (Å²) in [7, 11) is 0. The zero-order valence-corrected chi connectivity index (χ0v) is 11.5. The van der Waals surface area contributed by atoms with Crippen LogP contribution in [0.1, 0.15) is 5.56 Å². The lowest BCUT2D eigenvalue weighted by atomic mass is 10.1. The van der Waals surface area contributed by atoms with E-state index in [4.69, 9.17) is 15.4 Å². The van der Waals surface area contributed by atoms with Crippen LogP contribution in [0, 0.1) is 0 Å². The van der Waals surface area contributed by atoms with Gasteiger partial charge in [-0.15, -0.1) is 0 Å². The summed E-state index contributed by atoms with van der Waals surface area (Å²) in [5.74, 6) is -0.629. The van der Waals surface area contributed by atoms with E-state index in [1.54, 1.807) is 6.07 Å². The first-order valence-electron chi connectivity index (χ1n) is 5.99. The summed E-state index contributed by atoms with van der Waals surface area (Å²) in [4.78, 5) is 13.9. The highest BCUT2D eigenvalue weighted by atomic mass is 16.5. The SMILES string of the molecule is N.[N-]=[N+]=NCCOCC(=O)NCCc1ccc(O)c(O)c1. The maximum atomic E-state index is 11.4. The summed E-state index contributed by atoms with van der Waals surface area (Å²) in [5, 5.41) is 24.4. The van der Waals surface area contributed by atoms with Gasteiger partial charge in [0.2, 0.25) is 5.91 Å². The molecule has 1 aromatic rings. The normalized spacial score (nSPS) is 9.33. The molecule has 0 spiro atoms. The Morgan fingerprint density at radius 2 is 2.14 bits per heavy atom. The molecule has 0 unspecified atom stereocenters. The molecule has 0 fully saturated rings. The average molecular weight is 297 g/mol. The second-order valence-corrected chi connectivity index (χ2v) is 3.93. The van der Waals surface area contributed by atoms with Gasteiger partial charge in [0.1, 0.15) is 6.61 Å². The Kier molecular flexibility index (Phi) is 9.11. The Balaban J connectivity index is 0.00000400. The highest BCUT2D eigenvalue weighted by Gasteiger charge is 2.03. The molecule has 9 nitrogen and oxygen atoms in total. The van der Waals surface area contributed by atoms with Crippen molar-refractivity contribution in [3.8, 4) is 11.5 Å². The lowest BCUT2D eigenvalue weighted by Gasteiger charge is -2.06. The Hall–Kier alpha value is -2.48. The first kappa shape index (κ1) is 18.5. The molecule has 0 atom stereocenters. The minimum Gasteiger partial charge on any atom is -0.504 e.